The van der Waals surface area contributed by atoms with Gasteiger partial charge in [-0.25, -0.2) is 4.79 Å². The molecule has 7 nitrogen and oxygen atoms in total. The number of aliphatic hydroxyl groups excluding tert-OH is 1. The molecule has 2 amide bonds. The Morgan fingerprint density at radius 3 is 2.28 bits per heavy atom. The molecule has 1 aliphatic heterocycles. The Hall–Kier alpha value is -1.34. The molecule has 0 spiro atoms. The summed E-state index contributed by atoms with van der Waals surface area (Å²) < 4.78 is 0. The maximum absolute atomic E-state index is 12.0. The van der Waals surface area contributed by atoms with Crippen molar-refractivity contribution in [1.82, 2.24) is 14.7 Å². The molecule has 0 aromatic rings. The molecule has 1 aliphatic rings. The quantitative estimate of drug-likeness (QED) is 0.685. The summed E-state index contributed by atoms with van der Waals surface area (Å²) >= 11 is 0. The summed E-state index contributed by atoms with van der Waals surface area (Å²) in [6.07, 6.45) is -0.549. The number of carboxylic acid groups (broad SMARTS) is 1. The zero-order valence-corrected chi connectivity index (χ0v) is 10.9. The summed E-state index contributed by atoms with van der Waals surface area (Å²) in [5, 5.41) is 17.9. The predicted octanol–water partition coefficient (Wildman–Crippen LogP) is -0.879. The van der Waals surface area contributed by atoms with Gasteiger partial charge in [0, 0.05) is 39.8 Å². The van der Waals surface area contributed by atoms with Gasteiger partial charge in [0.25, 0.3) is 0 Å². The first-order valence-electron chi connectivity index (χ1n) is 6.02. The lowest BCUT2D eigenvalue weighted by Gasteiger charge is -2.36. The van der Waals surface area contributed by atoms with Crippen LogP contribution in [0.2, 0.25) is 0 Å². The van der Waals surface area contributed by atoms with E-state index in [1.165, 1.54) is 4.90 Å². The maximum Gasteiger partial charge on any atom is 0.319 e. The Morgan fingerprint density at radius 2 is 1.83 bits per heavy atom. The van der Waals surface area contributed by atoms with Gasteiger partial charge in [0.1, 0.15) is 0 Å². The summed E-state index contributed by atoms with van der Waals surface area (Å²) in [4.78, 5) is 27.5. The molecule has 1 saturated heterocycles. The van der Waals surface area contributed by atoms with Crippen molar-refractivity contribution in [3.8, 4) is 0 Å². The van der Waals surface area contributed by atoms with E-state index < -0.39 is 12.1 Å². The third-order valence-corrected chi connectivity index (χ3v) is 2.87. The van der Waals surface area contributed by atoms with Gasteiger partial charge < -0.3 is 20.0 Å². The first-order chi connectivity index (χ1) is 8.40. The fourth-order valence-electron chi connectivity index (χ4n) is 2.00. The number of piperazine rings is 1. The van der Waals surface area contributed by atoms with Crippen LogP contribution in [0.4, 0.5) is 4.79 Å². The molecule has 0 aromatic heterocycles. The highest BCUT2D eigenvalue weighted by Crippen LogP contribution is 2.05. The summed E-state index contributed by atoms with van der Waals surface area (Å²) in [6, 6.07) is -0.120. The van der Waals surface area contributed by atoms with E-state index in [-0.39, 0.29) is 12.6 Å². The van der Waals surface area contributed by atoms with Crippen molar-refractivity contribution in [3.05, 3.63) is 0 Å². The fourth-order valence-corrected chi connectivity index (χ4v) is 2.00. The number of nitrogens with zero attached hydrogens (tertiary/aromatic N) is 3. The highest BCUT2D eigenvalue weighted by atomic mass is 16.4. The van der Waals surface area contributed by atoms with Gasteiger partial charge in [-0.3, -0.25) is 9.69 Å². The molecule has 1 rings (SSSR count). The molecule has 18 heavy (non-hydrogen) atoms. The Labute approximate surface area is 107 Å². The second-order valence-corrected chi connectivity index (χ2v) is 4.67. The predicted molar refractivity (Wildman–Crippen MR) is 65.4 cm³/mol. The lowest BCUT2D eigenvalue weighted by Crippen LogP contribution is -2.53. The number of urea groups is 1. The Bertz CT molecular complexity index is 301. The number of carbonyl (C=O) groups excluding carboxylic acids is 1. The van der Waals surface area contributed by atoms with Crippen LogP contribution in [0.5, 0.6) is 0 Å². The molecule has 0 bridgehead atoms. The van der Waals surface area contributed by atoms with E-state index in [2.05, 4.69) is 0 Å². The first-order valence-corrected chi connectivity index (χ1v) is 6.02. The van der Waals surface area contributed by atoms with Crippen LogP contribution in [0, 0.1) is 0 Å². The van der Waals surface area contributed by atoms with Crippen molar-refractivity contribution in [2.45, 2.75) is 13.0 Å². The number of aliphatic carboxylic acids is 1. The average Bonchev–Trinajstić information content (AvgIpc) is 2.27. The highest BCUT2D eigenvalue weighted by molar-refractivity contribution is 5.74. The van der Waals surface area contributed by atoms with Gasteiger partial charge in [-0.1, -0.05) is 0 Å². The molecule has 104 valence electrons. The van der Waals surface area contributed by atoms with Crippen LogP contribution in [-0.4, -0.2) is 89.3 Å². The highest BCUT2D eigenvalue weighted by Gasteiger charge is 2.24. The van der Waals surface area contributed by atoms with Crippen molar-refractivity contribution in [2.24, 2.45) is 0 Å². The molecule has 1 unspecified atom stereocenters. The monoisotopic (exact) mass is 259 g/mol. The summed E-state index contributed by atoms with van der Waals surface area (Å²) in [5.41, 5.74) is 0. The van der Waals surface area contributed by atoms with Gasteiger partial charge in [0.05, 0.1) is 12.6 Å². The zero-order valence-electron chi connectivity index (χ0n) is 10.9. The standard InChI is InChI=1S/C11H21N3O4/c1-9(15)7-12(2)11(18)14-5-3-13(4-6-14)8-10(16)17/h9,15H,3-8H2,1-2H3,(H,16,17). The van der Waals surface area contributed by atoms with E-state index in [0.29, 0.717) is 32.7 Å². The van der Waals surface area contributed by atoms with E-state index in [1.54, 1.807) is 23.8 Å². The summed E-state index contributed by atoms with van der Waals surface area (Å²) in [7, 11) is 1.65. The maximum atomic E-state index is 12.0. The molecule has 1 atom stereocenters. The number of carboxylic acids is 1. The average molecular weight is 259 g/mol. The molecule has 7 heteroatoms. The lowest BCUT2D eigenvalue weighted by molar-refractivity contribution is -0.138. The lowest BCUT2D eigenvalue weighted by atomic mass is 10.3. The number of rotatable bonds is 4. The molecule has 0 saturated carbocycles. The van der Waals surface area contributed by atoms with E-state index in [0.717, 1.165) is 0 Å². The van der Waals surface area contributed by atoms with Gasteiger partial charge >= 0.3 is 12.0 Å². The zero-order chi connectivity index (χ0) is 13.7. The number of hydrogen-bond donors (Lipinski definition) is 2. The van der Waals surface area contributed by atoms with E-state index >= 15 is 0 Å². The molecule has 1 fully saturated rings. The van der Waals surface area contributed by atoms with Crippen LogP contribution in [0.15, 0.2) is 0 Å². The number of aliphatic hydroxyl groups is 1. The first kappa shape index (κ1) is 14.7. The molecular formula is C11H21N3O4. The SMILES string of the molecule is CC(O)CN(C)C(=O)N1CCN(CC(=O)O)CC1. The number of carbonyl (C=O) groups is 2. The van der Waals surface area contributed by atoms with Crippen LogP contribution >= 0.6 is 0 Å². The van der Waals surface area contributed by atoms with E-state index in [9.17, 15) is 14.7 Å². The smallest absolute Gasteiger partial charge is 0.319 e. The van der Waals surface area contributed by atoms with Gasteiger partial charge in [-0.2, -0.15) is 0 Å². The third-order valence-electron chi connectivity index (χ3n) is 2.87. The van der Waals surface area contributed by atoms with Crippen molar-refractivity contribution in [3.63, 3.8) is 0 Å². The molecule has 1 heterocycles. The van der Waals surface area contributed by atoms with Crippen LogP contribution < -0.4 is 0 Å². The summed E-state index contributed by atoms with van der Waals surface area (Å²) in [5.74, 6) is -0.846. The second kappa shape index (κ2) is 6.55. The fraction of sp³-hybridized carbons (Fsp3) is 0.818. The van der Waals surface area contributed by atoms with Gasteiger partial charge in [-0.05, 0) is 6.92 Å². The van der Waals surface area contributed by atoms with Crippen LogP contribution in [0.3, 0.4) is 0 Å². The minimum absolute atomic E-state index is 0.0194. The molecule has 2 N–H and O–H groups in total. The summed E-state index contributed by atoms with van der Waals surface area (Å²) in [6.45, 7) is 4.14. The Morgan fingerprint density at radius 1 is 1.28 bits per heavy atom. The van der Waals surface area contributed by atoms with Gasteiger partial charge in [0.2, 0.25) is 0 Å². The topological polar surface area (TPSA) is 84.3 Å². The van der Waals surface area contributed by atoms with Gasteiger partial charge in [-0.15, -0.1) is 0 Å². The minimum Gasteiger partial charge on any atom is -0.480 e. The minimum atomic E-state index is -0.846. The number of hydrogen-bond acceptors (Lipinski definition) is 4. The van der Waals surface area contributed by atoms with Gasteiger partial charge in [0.15, 0.2) is 0 Å². The largest absolute Gasteiger partial charge is 0.480 e. The number of amides is 2. The van der Waals surface area contributed by atoms with Crippen molar-refractivity contribution in [2.75, 3.05) is 46.3 Å². The van der Waals surface area contributed by atoms with Crippen LogP contribution in [0.25, 0.3) is 0 Å². The molecule has 0 radical (unpaired) electrons. The number of likely N-dealkylation sites (N-methyl/N-ethyl adjacent to an activating group) is 1. The molecule has 0 aromatic carbocycles. The van der Waals surface area contributed by atoms with Crippen molar-refractivity contribution in [1.29, 1.82) is 0 Å². The molecule has 0 aliphatic carbocycles. The Balaban J connectivity index is 2.38. The van der Waals surface area contributed by atoms with E-state index in [1.807, 2.05) is 0 Å². The van der Waals surface area contributed by atoms with E-state index in [4.69, 9.17) is 5.11 Å². The van der Waals surface area contributed by atoms with Crippen LogP contribution in [0.1, 0.15) is 6.92 Å². The Kier molecular flexibility index (Phi) is 5.36. The van der Waals surface area contributed by atoms with Crippen molar-refractivity contribution < 1.29 is 19.8 Å². The normalized spacial score (nSPS) is 18.5. The third kappa shape index (κ3) is 4.50. The van der Waals surface area contributed by atoms with Crippen LogP contribution in [-0.2, 0) is 4.79 Å². The molecular weight excluding hydrogens is 238 g/mol. The van der Waals surface area contributed by atoms with Crippen molar-refractivity contribution >= 4 is 12.0 Å². The second-order valence-electron chi connectivity index (χ2n) is 4.67.